The van der Waals surface area contributed by atoms with E-state index < -0.39 is 66.9 Å². The van der Waals surface area contributed by atoms with E-state index in [0.29, 0.717) is 72.9 Å². The van der Waals surface area contributed by atoms with Crippen molar-refractivity contribution in [3.8, 4) is 5.75 Å². The summed E-state index contributed by atoms with van der Waals surface area (Å²) in [6, 6.07) is 1.15. The van der Waals surface area contributed by atoms with E-state index in [1.165, 1.54) is 4.90 Å². The highest BCUT2D eigenvalue weighted by Crippen LogP contribution is 2.58. The lowest BCUT2D eigenvalue weighted by Gasteiger charge is -2.36. The molecule has 1 N–H and O–H groups in total. The molecule has 1 aromatic heterocycles. The minimum atomic E-state index is -3.97. The summed E-state index contributed by atoms with van der Waals surface area (Å²) in [5.41, 5.74) is -1.45. The smallest absolute Gasteiger partial charge is 0.307 e. The number of esters is 1. The minimum Gasteiger partial charge on any atom is -0.483 e. The van der Waals surface area contributed by atoms with Crippen LogP contribution >= 0.6 is 0 Å². The maximum atomic E-state index is 14.8. The molecule has 1 saturated heterocycles. The fourth-order valence-electron chi connectivity index (χ4n) is 8.95. The number of aryl methyl sites for hydroxylation is 2. The monoisotopic (exact) mass is 797 g/mol. The van der Waals surface area contributed by atoms with Gasteiger partial charge in [0.15, 0.2) is 17.4 Å². The van der Waals surface area contributed by atoms with Gasteiger partial charge < -0.3 is 14.4 Å². The number of aromatic nitrogens is 1. The van der Waals surface area contributed by atoms with E-state index in [-0.39, 0.29) is 50.8 Å². The van der Waals surface area contributed by atoms with Crippen molar-refractivity contribution in [1.82, 2.24) is 14.6 Å². The van der Waals surface area contributed by atoms with Crippen LogP contribution in [-0.4, -0.2) is 70.4 Å². The summed E-state index contributed by atoms with van der Waals surface area (Å²) in [5, 5.41) is 0.424. The molecule has 5 atom stereocenters. The number of hydrogen-bond acceptors (Lipinski definition) is 9. The Hall–Kier alpha value is -3.94. The lowest BCUT2D eigenvalue weighted by atomic mass is 9.85. The Labute approximate surface area is 327 Å². The van der Waals surface area contributed by atoms with Crippen molar-refractivity contribution in [3.63, 3.8) is 0 Å². The molecule has 4 fully saturated rings. The number of hydrogen-bond donors (Lipinski definition) is 1. The summed E-state index contributed by atoms with van der Waals surface area (Å²) >= 11 is 0. The highest BCUT2D eigenvalue weighted by atomic mass is 32.2. The lowest BCUT2D eigenvalue weighted by Crippen LogP contribution is -2.48. The van der Waals surface area contributed by atoms with Gasteiger partial charge >= 0.3 is 5.97 Å². The maximum absolute atomic E-state index is 14.8. The maximum Gasteiger partial charge on any atom is 0.307 e. The van der Waals surface area contributed by atoms with Crippen molar-refractivity contribution >= 4 is 44.5 Å². The molecule has 3 saturated carbocycles. The number of nitrogens with one attached hydrogen (secondary N) is 1. The molecule has 0 bridgehead atoms. The van der Waals surface area contributed by atoms with Crippen molar-refractivity contribution in [3.05, 3.63) is 47.2 Å². The first kappa shape index (κ1) is 40.3. The molecule has 0 radical (unpaired) electrons. The topological polar surface area (TPSA) is 149 Å². The molecule has 11 nitrogen and oxygen atoms in total. The number of pyridine rings is 1. The van der Waals surface area contributed by atoms with Crippen LogP contribution in [0.25, 0.3) is 10.9 Å². The largest absolute Gasteiger partial charge is 0.483 e. The standard InChI is InChI=1S/C41H49F2N3O8S.CH4/c1-24-35-27(28-18-29(42)30(43)19-31(28)44-24)11-12-40(54-35)21-32-33(47)22-41(37(50)45-55(51,52)39(3)15-16-39)20-26(41)10-8-6-4-5-7-9-25(36(49)46(32)23-40)17-34(48)53-38(2)13-14-38;/h8,10,18-19,25-26,32H,4-7,9,11-17,20-23H2,1-3H3,(H,45,50);1H4/b10-8-;/t25-,26-,32+,40-,41-;/m1./s1. The number of halogens is 2. The lowest BCUT2D eigenvalue weighted by molar-refractivity contribution is -0.155. The van der Waals surface area contributed by atoms with E-state index >= 15 is 0 Å². The number of carbonyl (C=O) groups is 4. The normalized spacial score (nSPS) is 31.0. The number of fused-ring (bicyclic) bond motifs is 5. The Bertz CT molecular complexity index is 2130. The van der Waals surface area contributed by atoms with Crippen molar-refractivity contribution < 1.29 is 45.9 Å². The van der Waals surface area contributed by atoms with Crippen LogP contribution in [0.3, 0.4) is 0 Å². The third-order valence-electron chi connectivity index (χ3n) is 13.2. The van der Waals surface area contributed by atoms with E-state index in [9.17, 15) is 36.4 Å². The Morgan fingerprint density at radius 2 is 1.77 bits per heavy atom. The van der Waals surface area contributed by atoms with Gasteiger partial charge in [-0.1, -0.05) is 32.4 Å². The number of nitrogens with zero attached hydrogens (tertiary/aromatic N) is 2. The molecule has 8 rings (SSSR count). The molecular weight excluding hydrogens is 745 g/mol. The van der Waals surface area contributed by atoms with Crippen LogP contribution in [0.1, 0.15) is 122 Å². The van der Waals surface area contributed by atoms with Crippen molar-refractivity contribution in [2.24, 2.45) is 17.3 Å². The number of ether oxygens (including phenoxy) is 2. The molecule has 3 aliphatic heterocycles. The number of amides is 2. The highest BCUT2D eigenvalue weighted by Gasteiger charge is 2.63. The third-order valence-corrected chi connectivity index (χ3v) is 15.4. The number of allylic oxidation sites excluding steroid dienone is 2. The average molecular weight is 798 g/mol. The molecular formula is C42H53F2N3O8S. The molecule has 1 spiro atoms. The Morgan fingerprint density at radius 1 is 1.04 bits per heavy atom. The van der Waals surface area contributed by atoms with Crippen molar-refractivity contribution in [2.75, 3.05) is 6.54 Å². The fraction of sp³-hybridized carbons (Fsp3) is 0.643. The molecule has 14 heteroatoms. The predicted octanol–water partition coefficient (Wildman–Crippen LogP) is 6.71. The first-order valence-electron chi connectivity index (χ1n) is 19.7. The van der Waals surface area contributed by atoms with Gasteiger partial charge in [-0.05, 0) is 97.0 Å². The van der Waals surface area contributed by atoms with Gasteiger partial charge in [0.05, 0.1) is 40.4 Å². The highest BCUT2D eigenvalue weighted by molar-refractivity contribution is 7.91. The van der Waals surface area contributed by atoms with Crippen LogP contribution in [0, 0.1) is 35.8 Å². The summed E-state index contributed by atoms with van der Waals surface area (Å²) in [6.45, 7) is 5.20. The average Bonchev–Trinajstić information content (AvgIpc) is 4.08. The van der Waals surface area contributed by atoms with E-state index in [1.54, 1.807) is 13.8 Å². The second kappa shape index (κ2) is 14.2. The van der Waals surface area contributed by atoms with Crippen LogP contribution in [0.2, 0.25) is 0 Å². The van der Waals surface area contributed by atoms with Gasteiger partial charge in [-0.3, -0.25) is 23.9 Å². The molecule has 2 aromatic rings. The molecule has 2 amide bonds. The summed E-state index contributed by atoms with van der Waals surface area (Å²) in [5.74, 6) is -4.62. The molecule has 0 unspecified atom stereocenters. The Balaban J connectivity index is 0.00000480. The summed E-state index contributed by atoms with van der Waals surface area (Å²) in [4.78, 5) is 62.7. The van der Waals surface area contributed by atoms with Crippen LogP contribution in [0.15, 0.2) is 24.3 Å². The SMILES string of the molecule is C.Cc1nc2cc(F)c(F)cc2c2c1O[C@]1(CC2)C[C@H]2C(=O)C[C@]3(C(=O)NS(=O)(=O)C4(C)CC4)C[C@H]3/C=C\CCCCC[C@H](CC(=O)OC3(C)CC3)C(=O)N2C1. The number of benzene rings is 1. The predicted molar refractivity (Wildman–Crippen MR) is 204 cm³/mol. The van der Waals surface area contributed by atoms with Gasteiger partial charge in [-0.2, -0.15) is 0 Å². The Morgan fingerprint density at radius 3 is 2.48 bits per heavy atom. The second-order valence-electron chi connectivity index (χ2n) is 17.6. The van der Waals surface area contributed by atoms with Crippen molar-refractivity contribution in [2.45, 2.75) is 147 Å². The number of ketones is 1. The molecule has 1 aromatic carbocycles. The van der Waals surface area contributed by atoms with Crippen LogP contribution in [0.4, 0.5) is 8.78 Å². The van der Waals surface area contributed by atoms with Crippen LogP contribution in [0.5, 0.6) is 5.75 Å². The summed E-state index contributed by atoms with van der Waals surface area (Å²) < 4.78 is 68.8. The second-order valence-corrected chi connectivity index (χ2v) is 19.8. The molecule has 56 heavy (non-hydrogen) atoms. The summed E-state index contributed by atoms with van der Waals surface area (Å²) in [7, 11) is -3.97. The van der Waals surface area contributed by atoms with E-state index in [4.69, 9.17) is 9.47 Å². The Kier molecular flexibility index (Phi) is 10.2. The third kappa shape index (κ3) is 7.35. The molecule has 304 valence electrons. The first-order chi connectivity index (χ1) is 26.0. The number of sulfonamides is 1. The van der Waals surface area contributed by atoms with Crippen molar-refractivity contribution in [1.29, 1.82) is 0 Å². The zero-order valence-electron chi connectivity index (χ0n) is 31.7. The molecule has 4 heterocycles. The zero-order chi connectivity index (χ0) is 39.1. The van der Waals surface area contributed by atoms with E-state index in [1.807, 2.05) is 19.1 Å². The number of rotatable bonds is 6. The molecule has 3 aliphatic carbocycles. The van der Waals surface area contributed by atoms with Gasteiger partial charge in [0, 0.05) is 35.8 Å². The quantitative estimate of drug-likeness (QED) is 0.249. The zero-order valence-corrected chi connectivity index (χ0v) is 32.5. The fourth-order valence-corrected chi connectivity index (χ4v) is 10.3. The van der Waals surface area contributed by atoms with E-state index in [2.05, 4.69) is 9.71 Å². The van der Waals surface area contributed by atoms with Crippen LogP contribution < -0.4 is 9.46 Å². The first-order valence-corrected chi connectivity index (χ1v) is 21.2. The van der Waals surface area contributed by atoms with Gasteiger partial charge in [0.25, 0.3) is 0 Å². The molecule has 6 aliphatic rings. The van der Waals surface area contributed by atoms with Crippen LogP contribution in [-0.2, 0) is 40.4 Å². The van der Waals surface area contributed by atoms with Gasteiger partial charge in [-0.15, -0.1) is 0 Å². The van der Waals surface area contributed by atoms with Gasteiger partial charge in [0.1, 0.15) is 17.0 Å². The number of carbonyl (C=O) groups excluding carboxylic acids is 4. The van der Waals surface area contributed by atoms with E-state index in [0.717, 1.165) is 44.2 Å². The van der Waals surface area contributed by atoms with Gasteiger partial charge in [0.2, 0.25) is 21.8 Å². The minimum absolute atomic E-state index is 0. The van der Waals surface area contributed by atoms with Gasteiger partial charge in [-0.25, -0.2) is 22.2 Å². The number of Topliss-reactive ketones (excluding diaryl/α,β-unsaturated/α-hetero) is 1. The summed E-state index contributed by atoms with van der Waals surface area (Å²) in [6.07, 6.45) is 10.5.